The molecule has 4 heteroatoms. The highest BCUT2D eigenvalue weighted by atomic mass is 16.4. The van der Waals surface area contributed by atoms with Crippen molar-refractivity contribution in [2.24, 2.45) is 0 Å². The second-order valence-electron chi connectivity index (χ2n) is 4.65. The van der Waals surface area contributed by atoms with Crippen LogP contribution in [0.2, 0.25) is 0 Å². The number of carboxylic acids is 1. The second-order valence-corrected chi connectivity index (χ2v) is 4.65. The molecule has 0 bridgehead atoms. The Hall–Kier alpha value is -2.10. The zero-order chi connectivity index (χ0) is 13.7. The van der Waals surface area contributed by atoms with Gasteiger partial charge in [-0.2, -0.15) is 0 Å². The smallest absolute Gasteiger partial charge is 0.305 e. The summed E-state index contributed by atoms with van der Waals surface area (Å²) < 4.78 is 0. The van der Waals surface area contributed by atoms with E-state index >= 15 is 0 Å². The molecule has 0 aromatic heterocycles. The van der Waals surface area contributed by atoms with Crippen LogP contribution < -0.4 is 0 Å². The molecule has 0 saturated heterocycles. The van der Waals surface area contributed by atoms with Crippen LogP contribution in [0.5, 0.6) is 0 Å². The molecule has 1 aliphatic carbocycles. The van der Waals surface area contributed by atoms with Gasteiger partial charge in [0.1, 0.15) is 0 Å². The van der Waals surface area contributed by atoms with Crippen LogP contribution in [0.25, 0.3) is 6.08 Å². The molecule has 1 fully saturated rings. The van der Waals surface area contributed by atoms with Crippen LogP contribution in [0.3, 0.4) is 0 Å². The molecule has 0 unspecified atom stereocenters. The van der Waals surface area contributed by atoms with E-state index in [2.05, 4.69) is 0 Å². The number of carbonyl (C=O) groups is 2. The Balaban J connectivity index is 1.95. The Bertz CT molecular complexity index is 477. The monoisotopic (exact) mass is 259 g/mol. The normalized spacial score (nSPS) is 14.5. The molecule has 4 nitrogen and oxygen atoms in total. The van der Waals surface area contributed by atoms with Gasteiger partial charge < -0.3 is 10.0 Å². The van der Waals surface area contributed by atoms with Gasteiger partial charge in [-0.05, 0) is 24.5 Å². The SMILES string of the molecule is O=C(O)CCN(C(=O)/C=C/c1ccccc1)C1CC1. The van der Waals surface area contributed by atoms with Crippen molar-refractivity contribution in [1.82, 2.24) is 4.90 Å². The fourth-order valence-electron chi connectivity index (χ4n) is 1.90. The molecule has 100 valence electrons. The van der Waals surface area contributed by atoms with Gasteiger partial charge in [0, 0.05) is 18.7 Å². The number of hydrogen-bond acceptors (Lipinski definition) is 2. The van der Waals surface area contributed by atoms with Crippen molar-refractivity contribution >= 4 is 18.0 Å². The van der Waals surface area contributed by atoms with Gasteiger partial charge >= 0.3 is 5.97 Å². The predicted octanol–water partition coefficient (Wildman–Crippen LogP) is 2.17. The van der Waals surface area contributed by atoms with Gasteiger partial charge in [0.2, 0.25) is 5.91 Å². The molecule has 1 aromatic rings. The van der Waals surface area contributed by atoms with Gasteiger partial charge in [-0.25, -0.2) is 0 Å². The summed E-state index contributed by atoms with van der Waals surface area (Å²) in [6.45, 7) is 0.290. The highest BCUT2D eigenvalue weighted by Crippen LogP contribution is 2.27. The molecule has 0 radical (unpaired) electrons. The lowest BCUT2D eigenvalue weighted by molar-refractivity contribution is -0.138. The number of aliphatic carboxylic acids is 1. The van der Waals surface area contributed by atoms with Crippen LogP contribution in [0, 0.1) is 0 Å². The van der Waals surface area contributed by atoms with E-state index in [0.29, 0.717) is 0 Å². The van der Waals surface area contributed by atoms with E-state index in [4.69, 9.17) is 5.11 Å². The summed E-state index contributed by atoms with van der Waals surface area (Å²) in [6.07, 6.45) is 5.24. The van der Waals surface area contributed by atoms with Crippen LogP contribution >= 0.6 is 0 Å². The largest absolute Gasteiger partial charge is 0.481 e. The minimum Gasteiger partial charge on any atom is -0.481 e. The second kappa shape index (κ2) is 6.18. The van der Waals surface area contributed by atoms with E-state index in [1.54, 1.807) is 11.0 Å². The number of rotatable bonds is 6. The van der Waals surface area contributed by atoms with Crippen molar-refractivity contribution in [1.29, 1.82) is 0 Å². The molecule has 1 aliphatic rings. The lowest BCUT2D eigenvalue weighted by atomic mass is 10.2. The maximum absolute atomic E-state index is 12.1. The lowest BCUT2D eigenvalue weighted by Gasteiger charge is -2.19. The first kappa shape index (κ1) is 13.3. The zero-order valence-electron chi connectivity index (χ0n) is 10.7. The molecular weight excluding hydrogens is 242 g/mol. The third-order valence-corrected chi connectivity index (χ3v) is 3.06. The first-order valence-corrected chi connectivity index (χ1v) is 6.42. The zero-order valence-corrected chi connectivity index (χ0v) is 10.7. The number of nitrogens with zero attached hydrogens (tertiary/aromatic N) is 1. The van der Waals surface area contributed by atoms with Crippen molar-refractivity contribution in [3.8, 4) is 0 Å². The Morgan fingerprint density at radius 2 is 1.95 bits per heavy atom. The van der Waals surface area contributed by atoms with Crippen LogP contribution in [-0.4, -0.2) is 34.5 Å². The lowest BCUT2D eigenvalue weighted by Crippen LogP contribution is -2.33. The number of amides is 1. The van der Waals surface area contributed by atoms with Crippen molar-refractivity contribution < 1.29 is 14.7 Å². The summed E-state index contributed by atoms with van der Waals surface area (Å²) in [5.74, 6) is -0.974. The van der Waals surface area contributed by atoms with Gasteiger partial charge in [0.15, 0.2) is 0 Å². The van der Waals surface area contributed by atoms with Crippen LogP contribution in [0.4, 0.5) is 0 Å². The van der Waals surface area contributed by atoms with Crippen molar-refractivity contribution in [3.63, 3.8) is 0 Å². The molecule has 0 atom stereocenters. The van der Waals surface area contributed by atoms with E-state index in [1.165, 1.54) is 6.08 Å². The Morgan fingerprint density at radius 1 is 1.26 bits per heavy atom. The molecule has 19 heavy (non-hydrogen) atoms. The van der Waals surface area contributed by atoms with E-state index in [-0.39, 0.29) is 24.9 Å². The van der Waals surface area contributed by atoms with E-state index in [1.807, 2.05) is 30.3 Å². The van der Waals surface area contributed by atoms with Gasteiger partial charge in [0.05, 0.1) is 6.42 Å². The van der Waals surface area contributed by atoms with Crippen LogP contribution in [-0.2, 0) is 9.59 Å². The van der Waals surface area contributed by atoms with E-state index in [9.17, 15) is 9.59 Å². The molecule has 1 amide bonds. The molecule has 1 aromatic carbocycles. The molecule has 1 N–H and O–H groups in total. The van der Waals surface area contributed by atoms with Gasteiger partial charge in [-0.15, -0.1) is 0 Å². The fourth-order valence-corrected chi connectivity index (χ4v) is 1.90. The third kappa shape index (κ3) is 4.25. The average molecular weight is 259 g/mol. The summed E-state index contributed by atoms with van der Waals surface area (Å²) in [5.41, 5.74) is 0.963. The number of hydrogen-bond donors (Lipinski definition) is 1. The maximum Gasteiger partial charge on any atom is 0.305 e. The summed E-state index contributed by atoms with van der Waals surface area (Å²) in [7, 11) is 0. The predicted molar refractivity (Wildman–Crippen MR) is 72.5 cm³/mol. The maximum atomic E-state index is 12.1. The summed E-state index contributed by atoms with van der Waals surface area (Å²) >= 11 is 0. The van der Waals surface area contributed by atoms with E-state index < -0.39 is 5.97 Å². The van der Waals surface area contributed by atoms with Crippen molar-refractivity contribution in [3.05, 3.63) is 42.0 Å². The van der Waals surface area contributed by atoms with Gasteiger partial charge in [0.25, 0.3) is 0 Å². The van der Waals surface area contributed by atoms with Gasteiger partial charge in [-0.3, -0.25) is 9.59 Å². The van der Waals surface area contributed by atoms with E-state index in [0.717, 1.165) is 18.4 Å². The topological polar surface area (TPSA) is 57.6 Å². The van der Waals surface area contributed by atoms with Crippen LogP contribution in [0.15, 0.2) is 36.4 Å². The molecule has 0 aliphatic heterocycles. The Kier molecular flexibility index (Phi) is 4.34. The number of benzene rings is 1. The molecule has 0 spiro atoms. The summed E-state index contributed by atoms with van der Waals surface area (Å²) in [5, 5.41) is 8.70. The first-order chi connectivity index (χ1) is 9.16. The number of carbonyl (C=O) groups excluding carboxylic acids is 1. The summed E-state index contributed by atoms with van der Waals surface area (Å²) in [6, 6.07) is 9.81. The fraction of sp³-hybridized carbons (Fsp3) is 0.333. The van der Waals surface area contributed by atoms with Crippen molar-refractivity contribution in [2.45, 2.75) is 25.3 Å². The molecule has 2 rings (SSSR count). The first-order valence-electron chi connectivity index (χ1n) is 6.42. The van der Waals surface area contributed by atoms with Gasteiger partial charge in [-0.1, -0.05) is 30.3 Å². The minimum absolute atomic E-state index is 0.00141. The molecule has 0 heterocycles. The third-order valence-electron chi connectivity index (χ3n) is 3.06. The highest BCUT2D eigenvalue weighted by molar-refractivity contribution is 5.92. The minimum atomic E-state index is -0.870. The Morgan fingerprint density at radius 3 is 2.53 bits per heavy atom. The average Bonchev–Trinajstić information content (AvgIpc) is 3.22. The number of carboxylic acid groups (broad SMARTS) is 1. The molecular formula is C15H17NO3. The molecule has 1 saturated carbocycles. The quantitative estimate of drug-likeness (QED) is 0.796. The highest BCUT2D eigenvalue weighted by Gasteiger charge is 2.31. The van der Waals surface area contributed by atoms with Crippen LogP contribution in [0.1, 0.15) is 24.8 Å². The standard InChI is InChI=1S/C15H17NO3/c17-14(9-6-12-4-2-1-3-5-12)16(13-7-8-13)11-10-15(18)19/h1-6,9,13H,7-8,10-11H2,(H,18,19)/b9-6+. The summed E-state index contributed by atoms with van der Waals surface area (Å²) in [4.78, 5) is 24.3. The van der Waals surface area contributed by atoms with Crippen molar-refractivity contribution in [2.75, 3.05) is 6.54 Å². The Labute approximate surface area is 112 Å².